The predicted molar refractivity (Wildman–Crippen MR) is 74.3 cm³/mol. The minimum absolute atomic E-state index is 0.406. The molecule has 0 unspecified atom stereocenters. The Balaban J connectivity index is 2.56. The molecule has 0 aliphatic heterocycles. The number of benzene rings is 2. The summed E-state index contributed by atoms with van der Waals surface area (Å²) in [6.45, 7) is 0. The quantitative estimate of drug-likeness (QED) is 0.842. The van der Waals surface area contributed by atoms with E-state index in [2.05, 4.69) is 0 Å². The van der Waals surface area contributed by atoms with Gasteiger partial charge in [0.25, 0.3) is 0 Å². The lowest BCUT2D eigenvalue weighted by Gasteiger charge is -2.09. The van der Waals surface area contributed by atoms with Gasteiger partial charge in [0.2, 0.25) is 0 Å². The van der Waals surface area contributed by atoms with E-state index < -0.39 is 0 Å². The third kappa shape index (κ3) is 2.45. The van der Waals surface area contributed by atoms with Gasteiger partial charge in [-0.2, -0.15) is 0 Å². The fraction of sp³-hybridized carbons (Fsp3) is 0.0714. The number of hydrogen-bond acceptors (Lipinski definition) is 2. The van der Waals surface area contributed by atoms with E-state index >= 15 is 0 Å². The van der Waals surface area contributed by atoms with Crippen LogP contribution < -0.4 is 10.5 Å². The third-order valence-corrected chi connectivity index (χ3v) is 2.79. The molecule has 0 aromatic heterocycles. The highest BCUT2D eigenvalue weighted by Crippen LogP contribution is 2.26. The molecule has 17 heavy (non-hydrogen) atoms. The van der Waals surface area contributed by atoms with Gasteiger partial charge in [0, 0.05) is 5.56 Å². The number of hydrogen-bond donors (Lipinski definition) is 1. The van der Waals surface area contributed by atoms with E-state index in [9.17, 15) is 0 Å². The Bertz CT molecular complexity index is 551. The number of methoxy groups -OCH3 is 1. The summed E-state index contributed by atoms with van der Waals surface area (Å²) in [4.78, 5) is 0.406. The van der Waals surface area contributed by atoms with Crippen LogP contribution in [0.25, 0.3) is 11.1 Å². The van der Waals surface area contributed by atoms with Crippen LogP contribution in [0.15, 0.2) is 48.5 Å². The molecule has 0 amide bonds. The second kappa shape index (κ2) is 4.97. The van der Waals surface area contributed by atoms with E-state index in [0.717, 1.165) is 22.4 Å². The summed E-state index contributed by atoms with van der Waals surface area (Å²) in [7, 11) is 1.65. The minimum Gasteiger partial charge on any atom is -0.497 e. The molecular weight excluding hydrogens is 230 g/mol. The SMILES string of the molecule is COc1cccc(-c2ccccc2C(N)=S)c1. The monoisotopic (exact) mass is 243 g/mol. The largest absolute Gasteiger partial charge is 0.497 e. The zero-order valence-corrected chi connectivity index (χ0v) is 10.3. The average molecular weight is 243 g/mol. The molecule has 0 bridgehead atoms. The van der Waals surface area contributed by atoms with Crippen molar-refractivity contribution in [3.8, 4) is 16.9 Å². The Kier molecular flexibility index (Phi) is 3.40. The zero-order valence-electron chi connectivity index (χ0n) is 9.51. The first-order valence-corrected chi connectivity index (χ1v) is 5.66. The van der Waals surface area contributed by atoms with E-state index in [0.29, 0.717) is 4.99 Å². The van der Waals surface area contributed by atoms with Crippen LogP contribution in [-0.2, 0) is 0 Å². The lowest BCUT2D eigenvalue weighted by molar-refractivity contribution is 0.415. The van der Waals surface area contributed by atoms with Gasteiger partial charge in [-0.1, -0.05) is 48.6 Å². The van der Waals surface area contributed by atoms with E-state index in [1.54, 1.807) is 7.11 Å². The maximum atomic E-state index is 5.72. The van der Waals surface area contributed by atoms with Crippen molar-refractivity contribution in [2.24, 2.45) is 5.73 Å². The van der Waals surface area contributed by atoms with Gasteiger partial charge in [-0.05, 0) is 23.3 Å². The molecule has 0 heterocycles. The Morgan fingerprint density at radius 1 is 1.12 bits per heavy atom. The highest BCUT2D eigenvalue weighted by Gasteiger charge is 2.07. The molecule has 2 aromatic carbocycles. The minimum atomic E-state index is 0.406. The Morgan fingerprint density at radius 3 is 2.59 bits per heavy atom. The van der Waals surface area contributed by atoms with Gasteiger partial charge in [-0.25, -0.2) is 0 Å². The van der Waals surface area contributed by atoms with E-state index in [4.69, 9.17) is 22.7 Å². The second-order valence-corrected chi connectivity index (χ2v) is 4.08. The third-order valence-electron chi connectivity index (χ3n) is 2.57. The molecule has 2 N–H and O–H groups in total. The summed E-state index contributed by atoms with van der Waals surface area (Å²) in [5, 5.41) is 0. The van der Waals surface area contributed by atoms with Gasteiger partial charge in [-0.3, -0.25) is 0 Å². The van der Waals surface area contributed by atoms with Crippen LogP contribution >= 0.6 is 12.2 Å². The fourth-order valence-electron chi connectivity index (χ4n) is 1.74. The van der Waals surface area contributed by atoms with Crippen molar-refractivity contribution in [2.45, 2.75) is 0 Å². The maximum Gasteiger partial charge on any atom is 0.119 e. The maximum absolute atomic E-state index is 5.72. The van der Waals surface area contributed by atoms with Crippen LogP contribution in [0.2, 0.25) is 0 Å². The van der Waals surface area contributed by atoms with Crippen molar-refractivity contribution in [1.29, 1.82) is 0 Å². The lowest BCUT2D eigenvalue weighted by atomic mass is 9.99. The molecular formula is C14H13NOS. The first-order valence-electron chi connectivity index (χ1n) is 5.25. The van der Waals surface area contributed by atoms with E-state index in [-0.39, 0.29) is 0 Å². The molecule has 0 saturated carbocycles. The average Bonchev–Trinajstić information content (AvgIpc) is 2.39. The van der Waals surface area contributed by atoms with Gasteiger partial charge in [-0.15, -0.1) is 0 Å². The lowest BCUT2D eigenvalue weighted by Crippen LogP contribution is -2.10. The smallest absolute Gasteiger partial charge is 0.119 e. The topological polar surface area (TPSA) is 35.2 Å². The van der Waals surface area contributed by atoms with Crippen LogP contribution in [0.4, 0.5) is 0 Å². The zero-order chi connectivity index (χ0) is 12.3. The molecule has 2 aromatic rings. The molecule has 86 valence electrons. The molecule has 2 rings (SSSR count). The van der Waals surface area contributed by atoms with Gasteiger partial charge in [0.05, 0.1) is 7.11 Å². The predicted octanol–water partition coefficient (Wildman–Crippen LogP) is 3.00. The van der Waals surface area contributed by atoms with Crippen LogP contribution in [-0.4, -0.2) is 12.1 Å². The summed E-state index contributed by atoms with van der Waals surface area (Å²) in [5.74, 6) is 0.820. The number of ether oxygens (including phenoxy) is 1. The molecule has 0 aliphatic carbocycles. The van der Waals surface area contributed by atoms with Gasteiger partial charge in [0.1, 0.15) is 10.7 Å². The van der Waals surface area contributed by atoms with Gasteiger partial charge >= 0.3 is 0 Å². The van der Waals surface area contributed by atoms with Crippen molar-refractivity contribution in [2.75, 3.05) is 7.11 Å². The van der Waals surface area contributed by atoms with Gasteiger partial charge in [0.15, 0.2) is 0 Å². The molecule has 0 atom stereocenters. The van der Waals surface area contributed by atoms with Crippen LogP contribution in [0, 0.1) is 0 Å². The number of thiocarbonyl (C=S) groups is 1. The summed E-state index contributed by atoms with van der Waals surface area (Å²) in [6, 6.07) is 15.7. The molecule has 0 radical (unpaired) electrons. The van der Waals surface area contributed by atoms with E-state index in [1.165, 1.54) is 0 Å². The van der Waals surface area contributed by atoms with Crippen molar-refractivity contribution in [3.63, 3.8) is 0 Å². The summed E-state index contributed by atoms with van der Waals surface area (Å²) >= 11 is 5.06. The standard InChI is InChI=1S/C14H13NOS/c1-16-11-6-4-5-10(9-11)12-7-2-3-8-13(12)14(15)17/h2-9H,1H3,(H2,15,17). The fourth-order valence-corrected chi connectivity index (χ4v) is 1.92. The van der Waals surface area contributed by atoms with Gasteiger partial charge < -0.3 is 10.5 Å². The normalized spacial score (nSPS) is 9.94. The van der Waals surface area contributed by atoms with Crippen molar-refractivity contribution in [3.05, 3.63) is 54.1 Å². The summed E-state index contributed by atoms with van der Waals surface area (Å²) in [5.41, 5.74) is 8.68. The molecule has 0 saturated heterocycles. The molecule has 2 nitrogen and oxygen atoms in total. The Hall–Kier alpha value is -1.87. The molecule has 3 heteroatoms. The summed E-state index contributed by atoms with van der Waals surface area (Å²) in [6.07, 6.45) is 0. The van der Waals surface area contributed by atoms with E-state index in [1.807, 2.05) is 48.5 Å². The second-order valence-electron chi connectivity index (χ2n) is 3.64. The van der Waals surface area contributed by atoms with Crippen molar-refractivity contribution >= 4 is 17.2 Å². The molecule has 0 fully saturated rings. The first kappa shape index (κ1) is 11.6. The summed E-state index contributed by atoms with van der Waals surface area (Å²) < 4.78 is 5.21. The first-order chi connectivity index (χ1) is 8.22. The van der Waals surface area contributed by atoms with Crippen LogP contribution in [0.5, 0.6) is 5.75 Å². The van der Waals surface area contributed by atoms with Crippen LogP contribution in [0.3, 0.4) is 0 Å². The number of rotatable bonds is 3. The highest BCUT2D eigenvalue weighted by atomic mass is 32.1. The molecule has 0 spiro atoms. The van der Waals surface area contributed by atoms with Crippen molar-refractivity contribution < 1.29 is 4.74 Å². The van der Waals surface area contributed by atoms with Crippen LogP contribution in [0.1, 0.15) is 5.56 Å². The highest BCUT2D eigenvalue weighted by molar-refractivity contribution is 7.80. The molecule has 0 aliphatic rings. The Morgan fingerprint density at radius 2 is 1.88 bits per heavy atom. The Labute approximate surface area is 106 Å². The van der Waals surface area contributed by atoms with Crippen molar-refractivity contribution in [1.82, 2.24) is 0 Å². The number of nitrogens with two attached hydrogens (primary N) is 1.